The normalized spacial score (nSPS) is 16.8. The molecule has 0 radical (unpaired) electrons. The lowest BCUT2D eigenvalue weighted by molar-refractivity contribution is 0.120. The van der Waals surface area contributed by atoms with Crippen LogP contribution < -0.4 is 0 Å². The van der Waals surface area contributed by atoms with Crippen molar-refractivity contribution in [2.45, 2.75) is 19.7 Å². The molecule has 1 N–H and O–H groups in total. The summed E-state index contributed by atoms with van der Waals surface area (Å²) in [6, 6.07) is 11.9. The van der Waals surface area contributed by atoms with Crippen LogP contribution in [-0.4, -0.2) is 51.1 Å². The molecular weight excluding hydrogens is 276 g/mol. The molecule has 0 aliphatic carbocycles. The molecule has 0 saturated carbocycles. The molecule has 116 valence electrons. The maximum absolute atomic E-state index is 9.15. The molecule has 22 heavy (non-hydrogen) atoms. The van der Waals surface area contributed by atoms with Crippen molar-refractivity contribution in [3.8, 4) is 0 Å². The van der Waals surface area contributed by atoms with E-state index in [1.807, 2.05) is 36.5 Å². The van der Waals surface area contributed by atoms with E-state index in [0.29, 0.717) is 0 Å². The van der Waals surface area contributed by atoms with Crippen molar-refractivity contribution in [1.29, 1.82) is 0 Å². The van der Waals surface area contributed by atoms with Crippen molar-refractivity contribution in [3.63, 3.8) is 0 Å². The number of nitrogens with zero attached hydrogens (tertiary/aromatic N) is 4. The SMILES string of the molecule is OCc1cccc(CN2CCN(Cc3ccccn3)CC2)n1. The van der Waals surface area contributed by atoms with Gasteiger partial charge in [0.15, 0.2) is 0 Å². The van der Waals surface area contributed by atoms with Gasteiger partial charge >= 0.3 is 0 Å². The van der Waals surface area contributed by atoms with E-state index < -0.39 is 0 Å². The predicted molar refractivity (Wildman–Crippen MR) is 85.0 cm³/mol. The molecule has 0 amide bonds. The van der Waals surface area contributed by atoms with Crippen molar-refractivity contribution >= 4 is 0 Å². The quantitative estimate of drug-likeness (QED) is 0.901. The molecular formula is C17H22N4O. The molecule has 0 aromatic carbocycles. The molecule has 1 fully saturated rings. The first-order valence-electron chi connectivity index (χ1n) is 7.74. The fraction of sp³-hybridized carbons (Fsp3) is 0.412. The highest BCUT2D eigenvalue weighted by atomic mass is 16.3. The number of piperazine rings is 1. The number of rotatable bonds is 5. The molecule has 2 aromatic rings. The van der Waals surface area contributed by atoms with Crippen LogP contribution in [-0.2, 0) is 19.7 Å². The summed E-state index contributed by atoms with van der Waals surface area (Å²) in [6.07, 6.45) is 1.85. The molecule has 1 aliphatic heterocycles. The summed E-state index contributed by atoms with van der Waals surface area (Å²) in [7, 11) is 0. The van der Waals surface area contributed by atoms with Crippen molar-refractivity contribution in [2.24, 2.45) is 0 Å². The van der Waals surface area contributed by atoms with Crippen LogP contribution in [0, 0.1) is 0 Å². The van der Waals surface area contributed by atoms with Crippen molar-refractivity contribution < 1.29 is 5.11 Å². The zero-order chi connectivity index (χ0) is 15.2. The van der Waals surface area contributed by atoms with Gasteiger partial charge in [0.1, 0.15) is 0 Å². The molecule has 0 atom stereocenters. The van der Waals surface area contributed by atoms with E-state index in [9.17, 15) is 0 Å². The second-order valence-corrected chi connectivity index (χ2v) is 5.65. The predicted octanol–water partition coefficient (Wildman–Crippen LogP) is 1.29. The number of hydrogen-bond acceptors (Lipinski definition) is 5. The van der Waals surface area contributed by atoms with Gasteiger partial charge in [-0.3, -0.25) is 19.8 Å². The average molecular weight is 298 g/mol. The second-order valence-electron chi connectivity index (χ2n) is 5.65. The van der Waals surface area contributed by atoms with Gasteiger partial charge in [-0.25, -0.2) is 0 Å². The number of aliphatic hydroxyl groups is 1. The van der Waals surface area contributed by atoms with Crippen molar-refractivity contribution in [1.82, 2.24) is 19.8 Å². The fourth-order valence-corrected chi connectivity index (χ4v) is 2.76. The first-order chi connectivity index (χ1) is 10.8. The molecule has 1 saturated heterocycles. The summed E-state index contributed by atoms with van der Waals surface area (Å²) in [6.45, 7) is 5.96. The first-order valence-corrected chi connectivity index (χ1v) is 7.74. The van der Waals surface area contributed by atoms with Crippen LogP contribution in [0.25, 0.3) is 0 Å². The van der Waals surface area contributed by atoms with Gasteiger partial charge in [-0.1, -0.05) is 12.1 Å². The molecule has 2 aromatic heterocycles. The minimum atomic E-state index is 0.00565. The van der Waals surface area contributed by atoms with E-state index >= 15 is 0 Å². The standard InChI is InChI=1S/C17H22N4O/c22-14-17-6-3-5-16(19-17)13-21-10-8-20(9-11-21)12-15-4-1-2-7-18-15/h1-7,22H,8-14H2. The molecule has 3 heterocycles. The Morgan fingerprint density at radius 3 is 2.09 bits per heavy atom. The van der Waals surface area contributed by atoms with Crippen molar-refractivity contribution in [2.75, 3.05) is 26.2 Å². The van der Waals surface area contributed by atoms with Gasteiger partial charge in [-0.05, 0) is 24.3 Å². The highest BCUT2D eigenvalue weighted by molar-refractivity contribution is 5.10. The van der Waals surface area contributed by atoms with E-state index in [1.54, 1.807) is 0 Å². The average Bonchev–Trinajstić information content (AvgIpc) is 2.58. The highest BCUT2D eigenvalue weighted by Crippen LogP contribution is 2.10. The first kappa shape index (κ1) is 15.1. The number of aliphatic hydroxyl groups excluding tert-OH is 1. The van der Waals surface area contributed by atoms with E-state index in [2.05, 4.69) is 25.8 Å². The minimum Gasteiger partial charge on any atom is -0.390 e. The fourth-order valence-electron chi connectivity index (χ4n) is 2.76. The second kappa shape index (κ2) is 7.45. The Bertz CT molecular complexity index is 582. The van der Waals surface area contributed by atoms with Gasteiger partial charge in [-0.15, -0.1) is 0 Å². The van der Waals surface area contributed by atoms with Gasteiger partial charge in [0, 0.05) is 45.5 Å². The third kappa shape index (κ3) is 4.10. The smallest absolute Gasteiger partial charge is 0.0853 e. The molecule has 0 unspecified atom stereocenters. The lowest BCUT2D eigenvalue weighted by Crippen LogP contribution is -2.45. The zero-order valence-electron chi connectivity index (χ0n) is 12.7. The van der Waals surface area contributed by atoms with Crippen LogP contribution in [0.1, 0.15) is 17.1 Å². The van der Waals surface area contributed by atoms with E-state index in [0.717, 1.165) is 56.4 Å². The Balaban J connectivity index is 1.49. The number of aromatic nitrogens is 2. The van der Waals surface area contributed by atoms with Crippen LogP contribution in [0.3, 0.4) is 0 Å². The van der Waals surface area contributed by atoms with E-state index in [1.165, 1.54) is 0 Å². The largest absolute Gasteiger partial charge is 0.390 e. The van der Waals surface area contributed by atoms with Gasteiger partial charge in [0.25, 0.3) is 0 Å². The van der Waals surface area contributed by atoms with E-state index in [-0.39, 0.29) is 6.61 Å². The van der Waals surface area contributed by atoms with Crippen LogP contribution in [0.2, 0.25) is 0 Å². The lowest BCUT2D eigenvalue weighted by Gasteiger charge is -2.34. The number of hydrogen-bond donors (Lipinski definition) is 1. The Hall–Kier alpha value is -1.82. The third-order valence-corrected chi connectivity index (χ3v) is 3.99. The lowest BCUT2D eigenvalue weighted by atomic mass is 10.2. The Morgan fingerprint density at radius 1 is 0.818 bits per heavy atom. The Labute approximate surface area is 131 Å². The van der Waals surface area contributed by atoms with Crippen LogP contribution >= 0.6 is 0 Å². The van der Waals surface area contributed by atoms with Crippen LogP contribution in [0.5, 0.6) is 0 Å². The summed E-state index contributed by atoms with van der Waals surface area (Å²) in [4.78, 5) is 13.7. The third-order valence-electron chi connectivity index (χ3n) is 3.99. The minimum absolute atomic E-state index is 0.00565. The zero-order valence-corrected chi connectivity index (χ0v) is 12.7. The van der Waals surface area contributed by atoms with Gasteiger partial charge in [-0.2, -0.15) is 0 Å². The van der Waals surface area contributed by atoms with Crippen LogP contribution in [0.15, 0.2) is 42.6 Å². The van der Waals surface area contributed by atoms with Crippen molar-refractivity contribution in [3.05, 3.63) is 59.7 Å². The van der Waals surface area contributed by atoms with Gasteiger partial charge in [0.05, 0.1) is 23.7 Å². The van der Waals surface area contributed by atoms with E-state index in [4.69, 9.17) is 5.11 Å². The molecule has 5 nitrogen and oxygen atoms in total. The molecule has 0 bridgehead atoms. The highest BCUT2D eigenvalue weighted by Gasteiger charge is 2.17. The maximum atomic E-state index is 9.15. The van der Waals surface area contributed by atoms with Crippen LogP contribution in [0.4, 0.5) is 0 Å². The molecule has 5 heteroatoms. The molecule has 0 spiro atoms. The topological polar surface area (TPSA) is 52.5 Å². The maximum Gasteiger partial charge on any atom is 0.0853 e. The monoisotopic (exact) mass is 298 g/mol. The summed E-state index contributed by atoms with van der Waals surface area (Å²) >= 11 is 0. The number of pyridine rings is 2. The summed E-state index contributed by atoms with van der Waals surface area (Å²) < 4.78 is 0. The Kier molecular flexibility index (Phi) is 5.11. The molecule has 3 rings (SSSR count). The van der Waals surface area contributed by atoms with Gasteiger partial charge < -0.3 is 5.11 Å². The summed E-state index contributed by atoms with van der Waals surface area (Å²) in [5, 5.41) is 9.15. The molecule has 1 aliphatic rings. The Morgan fingerprint density at radius 2 is 1.45 bits per heavy atom. The summed E-state index contributed by atoms with van der Waals surface area (Å²) in [5.74, 6) is 0. The van der Waals surface area contributed by atoms with Gasteiger partial charge in [0.2, 0.25) is 0 Å². The summed E-state index contributed by atoms with van der Waals surface area (Å²) in [5.41, 5.74) is 2.91.